The predicted molar refractivity (Wildman–Crippen MR) is 63.4 cm³/mol. The van der Waals surface area contributed by atoms with Crippen molar-refractivity contribution in [3.63, 3.8) is 0 Å². The summed E-state index contributed by atoms with van der Waals surface area (Å²) in [5.41, 5.74) is 0.635. The third-order valence-corrected chi connectivity index (χ3v) is 3.99. The molecule has 0 bridgehead atoms. The van der Waals surface area contributed by atoms with Crippen LogP contribution in [-0.2, 0) is 10.5 Å². The number of fused-ring (bicyclic) bond motifs is 1. The van der Waals surface area contributed by atoms with E-state index in [0.29, 0.717) is 11.3 Å². The minimum Gasteiger partial charge on any atom is -0.481 e. The molecule has 0 unspecified atom stereocenters. The summed E-state index contributed by atoms with van der Waals surface area (Å²) >= 11 is 2.75. The van der Waals surface area contributed by atoms with Gasteiger partial charge in [0.25, 0.3) is 0 Å². The molecule has 1 aromatic carbocycles. The molecule has 0 saturated carbocycles. The predicted octanol–water partition coefficient (Wildman–Crippen LogP) is 2.75. The largest absolute Gasteiger partial charge is 0.481 e. The zero-order chi connectivity index (χ0) is 11.5. The number of thioether (sulfide) groups is 1. The average molecular weight is 257 g/mol. The van der Waals surface area contributed by atoms with Crippen LogP contribution in [0.15, 0.2) is 18.2 Å². The maximum absolute atomic E-state index is 12.9. The van der Waals surface area contributed by atoms with E-state index in [-0.39, 0.29) is 11.6 Å². The molecule has 0 atom stereocenters. The van der Waals surface area contributed by atoms with Crippen LogP contribution in [-0.4, -0.2) is 21.8 Å². The average Bonchev–Trinajstić information content (AvgIpc) is 2.58. The van der Waals surface area contributed by atoms with Gasteiger partial charge in [0.1, 0.15) is 10.8 Å². The maximum atomic E-state index is 12.9. The second-order valence-electron chi connectivity index (χ2n) is 3.11. The number of halogens is 1. The Bertz CT molecular complexity index is 527. The minimum atomic E-state index is -0.836. The molecule has 0 fully saturated rings. The van der Waals surface area contributed by atoms with Crippen molar-refractivity contribution in [1.29, 1.82) is 0 Å². The van der Waals surface area contributed by atoms with Crippen molar-refractivity contribution in [3.05, 3.63) is 29.0 Å². The fraction of sp³-hybridized carbons (Fsp3) is 0.200. The van der Waals surface area contributed by atoms with Crippen LogP contribution in [0.1, 0.15) is 5.01 Å². The highest BCUT2D eigenvalue weighted by molar-refractivity contribution is 7.99. The van der Waals surface area contributed by atoms with Gasteiger partial charge in [-0.2, -0.15) is 0 Å². The zero-order valence-electron chi connectivity index (χ0n) is 8.14. The number of nitrogens with zero attached hydrogens (tertiary/aromatic N) is 1. The molecule has 16 heavy (non-hydrogen) atoms. The molecule has 0 radical (unpaired) electrons. The second kappa shape index (κ2) is 4.80. The molecule has 0 aliphatic heterocycles. The number of hydrogen-bond acceptors (Lipinski definition) is 4. The molecule has 0 aliphatic rings. The van der Waals surface area contributed by atoms with E-state index in [0.717, 1.165) is 9.71 Å². The maximum Gasteiger partial charge on any atom is 0.313 e. The van der Waals surface area contributed by atoms with E-state index in [4.69, 9.17) is 5.11 Å². The quantitative estimate of drug-likeness (QED) is 0.915. The summed E-state index contributed by atoms with van der Waals surface area (Å²) in [6.45, 7) is 0. The van der Waals surface area contributed by atoms with Gasteiger partial charge in [0, 0.05) is 11.8 Å². The molecule has 0 saturated heterocycles. The lowest BCUT2D eigenvalue weighted by Gasteiger charge is -1.92. The Morgan fingerprint density at radius 2 is 2.38 bits per heavy atom. The zero-order valence-corrected chi connectivity index (χ0v) is 9.78. The van der Waals surface area contributed by atoms with Gasteiger partial charge in [0.2, 0.25) is 0 Å². The molecule has 3 nitrogen and oxygen atoms in total. The molecule has 84 valence electrons. The molecule has 1 N–H and O–H groups in total. The van der Waals surface area contributed by atoms with Gasteiger partial charge in [-0.05, 0) is 12.1 Å². The van der Waals surface area contributed by atoms with Crippen LogP contribution in [0, 0.1) is 5.82 Å². The molecular weight excluding hydrogens is 249 g/mol. The summed E-state index contributed by atoms with van der Waals surface area (Å²) in [7, 11) is 0. The fourth-order valence-electron chi connectivity index (χ4n) is 1.24. The topological polar surface area (TPSA) is 50.2 Å². The summed E-state index contributed by atoms with van der Waals surface area (Å²) < 4.78 is 13.8. The Balaban J connectivity index is 2.10. The first-order valence-corrected chi connectivity index (χ1v) is 6.47. The van der Waals surface area contributed by atoms with Crippen LogP contribution in [0.3, 0.4) is 0 Å². The highest BCUT2D eigenvalue weighted by Gasteiger charge is 2.05. The van der Waals surface area contributed by atoms with Crippen LogP contribution in [0.25, 0.3) is 10.2 Å². The number of carboxylic acid groups (broad SMARTS) is 1. The van der Waals surface area contributed by atoms with Crippen molar-refractivity contribution < 1.29 is 14.3 Å². The molecule has 6 heteroatoms. The van der Waals surface area contributed by atoms with Crippen LogP contribution in [0.4, 0.5) is 4.39 Å². The molecule has 0 aliphatic carbocycles. The van der Waals surface area contributed by atoms with E-state index >= 15 is 0 Å². The lowest BCUT2D eigenvalue weighted by atomic mass is 10.3. The van der Waals surface area contributed by atoms with Gasteiger partial charge >= 0.3 is 5.97 Å². The second-order valence-corrected chi connectivity index (χ2v) is 5.21. The van der Waals surface area contributed by atoms with E-state index < -0.39 is 5.97 Å². The van der Waals surface area contributed by atoms with Crippen molar-refractivity contribution in [3.8, 4) is 0 Å². The first-order chi connectivity index (χ1) is 7.65. The van der Waals surface area contributed by atoms with Gasteiger partial charge < -0.3 is 5.11 Å². The number of carbonyl (C=O) groups is 1. The third-order valence-electron chi connectivity index (χ3n) is 1.84. The normalized spacial score (nSPS) is 10.8. The number of carboxylic acids is 1. The van der Waals surface area contributed by atoms with Gasteiger partial charge in [-0.25, -0.2) is 9.37 Å². The molecule has 2 aromatic rings. The van der Waals surface area contributed by atoms with E-state index in [1.54, 1.807) is 6.07 Å². The summed E-state index contributed by atoms with van der Waals surface area (Å²) in [5, 5.41) is 9.31. The monoisotopic (exact) mass is 257 g/mol. The first-order valence-electron chi connectivity index (χ1n) is 4.49. The highest BCUT2D eigenvalue weighted by atomic mass is 32.2. The van der Waals surface area contributed by atoms with Crippen molar-refractivity contribution in [1.82, 2.24) is 4.98 Å². The summed E-state index contributed by atoms with van der Waals surface area (Å²) in [6.07, 6.45) is 0. The molecule has 0 spiro atoms. The molecule has 1 aromatic heterocycles. The van der Waals surface area contributed by atoms with Gasteiger partial charge in [-0.3, -0.25) is 4.79 Å². The number of hydrogen-bond donors (Lipinski definition) is 1. The molecule has 2 rings (SSSR count). The fourth-order valence-corrected chi connectivity index (χ4v) is 2.98. The number of aliphatic carboxylic acids is 1. The molecule has 0 amide bonds. The van der Waals surface area contributed by atoms with Crippen LogP contribution in [0.5, 0.6) is 0 Å². The third kappa shape index (κ3) is 2.70. The van der Waals surface area contributed by atoms with Gasteiger partial charge in [-0.15, -0.1) is 23.1 Å². The van der Waals surface area contributed by atoms with Crippen molar-refractivity contribution in [2.24, 2.45) is 0 Å². The van der Waals surface area contributed by atoms with Gasteiger partial charge in [0.15, 0.2) is 0 Å². The first kappa shape index (κ1) is 11.3. The van der Waals surface area contributed by atoms with Crippen molar-refractivity contribution >= 4 is 39.3 Å². The number of aromatic nitrogens is 1. The van der Waals surface area contributed by atoms with E-state index in [1.165, 1.54) is 35.2 Å². The SMILES string of the molecule is O=C(O)CSCc1nc2cc(F)ccc2s1. The summed E-state index contributed by atoms with van der Waals surface area (Å²) in [4.78, 5) is 14.6. The number of thiazole rings is 1. The Morgan fingerprint density at radius 3 is 3.12 bits per heavy atom. The lowest BCUT2D eigenvalue weighted by Crippen LogP contribution is -1.97. The standard InChI is InChI=1S/C10H8FNO2S2/c11-6-1-2-8-7(3-6)12-9(16-8)4-15-5-10(13)14/h1-3H,4-5H2,(H,13,14). The van der Waals surface area contributed by atoms with Gasteiger partial charge in [0.05, 0.1) is 16.0 Å². The van der Waals surface area contributed by atoms with Crippen LogP contribution >= 0.6 is 23.1 Å². The Morgan fingerprint density at radius 1 is 1.56 bits per heavy atom. The lowest BCUT2D eigenvalue weighted by molar-refractivity contribution is -0.133. The van der Waals surface area contributed by atoms with Gasteiger partial charge in [-0.1, -0.05) is 0 Å². The minimum absolute atomic E-state index is 0.0598. The van der Waals surface area contributed by atoms with Crippen molar-refractivity contribution in [2.75, 3.05) is 5.75 Å². The smallest absolute Gasteiger partial charge is 0.313 e. The highest BCUT2D eigenvalue weighted by Crippen LogP contribution is 2.25. The van der Waals surface area contributed by atoms with Crippen LogP contribution in [0.2, 0.25) is 0 Å². The van der Waals surface area contributed by atoms with E-state index in [1.807, 2.05) is 0 Å². The summed E-state index contributed by atoms with van der Waals surface area (Å²) in [5.74, 6) is -0.530. The summed E-state index contributed by atoms with van der Waals surface area (Å²) in [6, 6.07) is 4.47. The molecular formula is C10H8FNO2S2. The Labute approximate surface area is 99.3 Å². The van der Waals surface area contributed by atoms with E-state index in [2.05, 4.69) is 4.98 Å². The van der Waals surface area contributed by atoms with Crippen LogP contribution < -0.4 is 0 Å². The number of benzene rings is 1. The Hall–Kier alpha value is -1.14. The van der Waals surface area contributed by atoms with Crippen molar-refractivity contribution in [2.45, 2.75) is 5.75 Å². The number of rotatable bonds is 4. The molecule has 1 heterocycles. The Kier molecular flexibility index (Phi) is 3.40. The van der Waals surface area contributed by atoms with E-state index in [9.17, 15) is 9.18 Å².